The van der Waals surface area contributed by atoms with Crippen LogP contribution in [0.25, 0.3) is 0 Å². The van der Waals surface area contributed by atoms with Crippen LogP contribution in [0.4, 0.5) is 0 Å². The maximum absolute atomic E-state index is 14.5. The van der Waals surface area contributed by atoms with E-state index >= 15 is 0 Å². The maximum Gasteiger partial charge on any atom is 0.338 e. The third-order valence-electron chi connectivity index (χ3n) is 10.4. The predicted octanol–water partition coefficient (Wildman–Crippen LogP) is 3.54. The van der Waals surface area contributed by atoms with Crippen LogP contribution in [-0.4, -0.2) is 77.4 Å². The van der Waals surface area contributed by atoms with Crippen molar-refractivity contribution in [3.05, 3.63) is 48.0 Å². The highest BCUT2D eigenvalue weighted by molar-refractivity contribution is 5.98. The van der Waals surface area contributed by atoms with Gasteiger partial charge < -0.3 is 28.4 Å². The molecule has 5 rings (SSSR count). The standard InChI is InChI=1S/C35H42O12/c1-18-16-35(47-22(5)39)26(27(18)45-30(41)23-12-10-9-11-13-23)29(43-19(2)36)34-17-42-33(8,31(35)44-20(3)37)28(34)24(14-15-25(34)40)32(6,7)46-21(4)38/h9-15,18,24,26-29,31H,16-17H2,1-8H3/t18-,24?,26+,27-,28-,29+,31-,33+,34+,35+/m0/s1. The predicted molar refractivity (Wildman–Crippen MR) is 162 cm³/mol. The van der Waals surface area contributed by atoms with Gasteiger partial charge in [-0.05, 0) is 51.3 Å². The zero-order chi connectivity index (χ0) is 34.7. The molecule has 0 amide bonds. The molecule has 12 heteroatoms. The Labute approximate surface area is 273 Å². The molecular formula is C35H42O12. The Bertz CT molecular complexity index is 1520. The number of hydrogen-bond acceptors (Lipinski definition) is 12. The van der Waals surface area contributed by atoms with E-state index in [1.807, 2.05) is 0 Å². The summed E-state index contributed by atoms with van der Waals surface area (Å²) >= 11 is 0. The first-order valence-corrected chi connectivity index (χ1v) is 15.8. The average molecular weight is 655 g/mol. The molecule has 1 heterocycles. The lowest BCUT2D eigenvalue weighted by Crippen LogP contribution is -2.64. The van der Waals surface area contributed by atoms with Gasteiger partial charge in [-0.3, -0.25) is 24.0 Å². The molecule has 10 atom stereocenters. The second kappa shape index (κ2) is 11.9. The van der Waals surface area contributed by atoms with Crippen LogP contribution in [0, 0.1) is 29.1 Å². The minimum atomic E-state index is -1.80. The molecular weight excluding hydrogens is 612 g/mol. The third-order valence-corrected chi connectivity index (χ3v) is 10.4. The van der Waals surface area contributed by atoms with Crippen molar-refractivity contribution in [2.45, 2.75) is 96.9 Å². The monoisotopic (exact) mass is 654 g/mol. The highest BCUT2D eigenvalue weighted by Crippen LogP contribution is 2.68. The van der Waals surface area contributed by atoms with Gasteiger partial charge in [0.1, 0.15) is 28.8 Å². The summed E-state index contributed by atoms with van der Waals surface area (Å²) in [6.07, 6.45) is -0.875. The van der Waals surface area contributed by atoms with Gasteiger partial charge in [-0.1, -0.05) is 31.2 Å². The molecule has 0 N–H and O–H groups in total. The first-order chi connectivity index (χ1) is 21.9. The molecule has 4 aliphatic rings. The van der Waals surface area contributed by atoms with Crippen LogP contribution in [-0.2, 0) is 52.4 Å². The molecule has 1 unspecified atom stereocenters. The summed E-state index contributed by atoms with van der Waals surface area (Å²) in [4.78, 5) is 79.4. The summed E-state index contributed by atoms with van der Waals surface area (Å²) < 4.78 is 37.1. The Morgan fingerprint density at radius 2 is 1.53 bits per heavy atom. The molecule has 0 spiro atoms. The fourth-order valence-corrected chi connectivity index (χ4v) is 9.06. The molecule has 0 radical (unpaired) electrons. The number of fused-ring (bicyclic) bond motifs is 1. The fourth-order valence-electron chi connectivity index (χ4n) is 9.06. The molecule has 1 aliphatic heterocycles. The van der Waals surface area contributed by atoms with Crippen LogP contribution < -0.4 is 0 Å². The van der Waals surface area contributed by atoms with E-state index < -0.39 is 99.8 Å². The van der Waals surface area contributed by atoms with Crippen molar-refractivity contribution >= 4 is 35.6 Å². The average Bonchev–Trinajstić information content (AvgIpc) is 3.40. The first-order valence-electron chi connectivity index (χ1n) is 15.8. The summed E-state index contributed by atoms with van der Waals surface area (Å²) in [5.74, 6) is -7.32. The molecule has 1 aromatic rings. The molecule has 254 valence electrons. The quantitative estimate of drug-likeness (QED) is 0.312. The summed E-state index contributed by atoms with van der Waals surface area (Å²) in [5.41, 5.74) is -6.02. The first kappa shape index (κ1) is 34.3. The number of esters is 5. The van der Waals surface area contributed by atoms with Crippen LogP contribution >= 0.6 is 0 Å². The van der Waals surface area contributed by atoms with E-state index in [1.165, 1.54) is 33.8 Å². The molecule has 2 saturated carbocycles. The lowest BCUT2D eigenvalue weighted by Gasteiger charge is -2.50. The molecule has 1 aromatic carbocycles. The second-order valence-corrected chi connectivity index (χ2v) is 13.9. The number of allylic oxidation sites excluding steroid dienone is 1. The van der Waals surface area contributed by atoms with Gasteiger partial charge in [-0.15, -0.1) is 0 Å². The topological polar surface area (TPSA) is 158 Å². The Kier molecular flexibility index (Phi) is 8.66. The van der Waals surface area contributed by atoms with E-state index in [-0.39, 0.29) is 18.6 Å². The van der Waals surface area contributed by atoms with E-state index in [0.29, 0.717) is 0 Å². The van der Waals surface area contributed by atoms with Crippen LogP contribution in [0.15, 0.2) is 42.5 Å². The number of hydrogen-bond donors (Lipinski definition) is 0. The Morgan fingerprint density at radius 1 is 0.894 bits per heavy atom. The second-order valence-electron chi connectivity index (χ2n) is 13.9. The number of ether oxygens (including phenoxy) is 6. The van der Waals surface area contributed by atoms with Crippen LogP contribution in [0.1, 0.15) is 72.2 Å². The molecule has 1 saturated heterocycles. The fraction of sp³-hybridized carbons (Fsp3) is 0.600. The van der Waals surface area contributed by atoms with E-state index in [9.17, 15) is 28.8 Å². The van der Waals surface area contributed by atoms with Crippen molar-refractivity contribution in [1.82, 2.24) is 0 Å². The van der Waals surface area contributed by atoms with Crippen LogP contribution in [0.2, 0.25) is 0 Å². The normalized spacial score (nSPS) is 37.1. The Morgan fingerprint density at radius 3 is 2.11 bits per heavy atom. The number of carbonyl (C=O) groups excluding carboxylic acids is 6. The minimum absolute atomic E-state index is 0.00106. The van der Waals surface area contributed by atoms with Crippen molar-refractivity contribution in [3.8, 4) is 0 Å². The van der Waals surface area contributed by atoms with Crippen molar-refractivity contribution in [2.24, 2.45) is 29.1 Å². The van der Waals surface area contributed by atoms with Crippen molar-refractivity contribution < 1.29 is 57.2 Å². The molecule has 3 fully saturated rings. The zero-order valence-corrected chi connectivity index (χ0v) is 27.9. The van der Waals surface area contributed by atoms with E-state index in [1.54, 1.807) is 64.1 Å². The summed E-state index contributed by atoms with van der Waals surface area (Å²) in [6.45, 7) is 11.4. The summed E-state index contributed by atoms with van der Waals surface area (Å²) in [7, 11) is 0. The smallest absolute Gasteiger partial charge is 0.338 e. The van der Waals surface area contributed by atoms with Crippen LogP contribution in [0.3, 0.4) is 0 Å². The van der Waals surface area contributed by atoms with Crippen molar-refractivity contribution in [3.63, 3.8) is 0 Å². The van der Waals surface area contributed by atoms with E-state index in [4.69, 9.17) is 28.4 Å². The van der Waals surface area contributed by atoms with Gasteiger partial charge >= 0.3 is 29.8 Å². The van der Waals surface area contributed by atoms with Crippen molar-refractivity contribution in [2.75, 3.05) is 6.61 Å². The van der Waals surface area contributed by atoms with Gasteiger partial charge in [0.05, 0.1) is 18.1 Å². The van der Waals surface area contributed by atoms with Gasteiger partial charge in [0.25, 0.3) is 0 Å². The third kappa shape index (κ3) is 5.44. The minimum Gasteiger partial charge on any atom is -0.461 e. The van der Waals surface area contributed by atoms with E-state index in [2.05, 4.69) is 0 Å². The summed E-state index contributed by atoms with van der Waals surface area (Å²) in [6, 6.07) is 8.28. The molecule has 47 heavy (non-hydrogen) atoms. The lowest BCUT2D eigenvalue weighted by atomic mass is 9.54. The molecule has 3 aliphatic carbocycles. The highest BCUT2D eigenvalue weighted by Gasteiger charge is 2.82. The summed E-state index contributed by atoms with van der Waals surface area (Å²) in [5, 5.41) is 0. The van der Waals surface area contributed by atoms with E-state index in [0.717, 1.165) is 0 Å². The van der Waals surface area contributed by atoms with Gasteiger partial charge in [0, 0.05) is 39.5 Å². The number of benzene rings is 1. The van der Waals surface area contributed by atoms with Crippen LogP contribution in [0.5, 0.6) is 0 Å². The Hall–Kier alpha value is -4.06. The van der Waals surface area contributed by atoms with Gasteiger partial charge in [-0.25, -0.2) is 4.79 Å². The SMILES string of the molecule is CC(=O)O[C@@H]1[C@H]2[C@@H](OC(=O)c3ccccc3)[C@@H](C)C[C@]2(OC(C)=O)[C@@H](OC(C)=O)[C@]2(C)OC[C@]13C(=O)C=CC(C(C)(C)OC(C)=O)[C@@H]23. The molecule has 12 nitrogen and oxygen atoms in total. The molecule has 0 aromatic heterocycles. The number of rotatable bonds is 7. The zero-order valence-electron chi connectivity index (χ0n) is 27.9. The van der Waals surface area contributed by atoms with Gasteiger partial charge in [0.15, 0.2) is 17.5 Å². The Balaban J connectivity index is 1.83. The van der Waals surface area contributed by atoms with Gasteiger partial charge in [0.2, 0.25) is 0 Å². The van der Waals surface area contributed by atoms with Crippen molar-refractivity contribution in [1.29, 1.82) is 0 Å². The number of ketones is 1. The maximum atomic E-state index is 14.5. The largest absolute Gasteiger partial charge is 0.461 e. The lowest BCUT2D eigenvalue weighted by molar-refractivity contribution is -0.243. The molecule has 2 bridgehead atoms. The number of carbonyl (C=O) groups is 6. The van der Waals surface area contributed by atoms with Gasteiger partial charge in [-0.2, -0.15) is 0 Å². The highest BCUT2D eigenvalue weighted by atomic mass is 16.6.